The van der Waals surface area contributed by atoms with Crippen molar-refractivity contribution in [2.24, 2.45) is 5.92 Å². The number of ether oxygens (including phenoxy) is 1. The fourth-order valence-electron chi connectivity index (χ4n) is 4.01. The predicted octanol–water partition coefficient (Wildman–Crippen LogP) is 4.59. The van der Waals surface area contributed by atoms with Gasteiger partial charge in [-0.15, -0.1) is 0 Å². The molecule has 0 aromatic carbocycles. The van der Waals surface area contributed by atoms with E-state index in [4.69, 9.17) is 9.26 Å². The zero-order chi connectivity index (χ0) is 19.8. The first-order chi connectivity index (χ1) is 14.1. The highest BCUT2D eigenvalue weighted by Gasteiger charge is 2.48. The lowest BCUT2D eigenvalue weighted by molar-refractivity contribution is -0.0487. The third-order valence-electron chi connectivity index (χ3n) is 5.96. The number of aromatic hydroxyl groups is 1. The van der Waals surface area contributed by atoms with Crippen LogP contribution in [0.25, 0.3) is 11.3 Å². The van der Waals surface area contributed by atoms with Crippen LogP contribution in [0.4, 0.5) is 4.39 Å². The van der Waals surface area contributed by atoms with E-state index in [9.17, 15) is 5.11 Å². The Hall–Kier alpha value is -2.96. The van der Waals surface area contributed by atoms with Crippen LogP contribution < -0.4 is 4.74 Å². The van der Waals surface area contributed by atoms with Crippen molar-refractivity contribution in [2.75, 3.05) is 0 Å². The van der Waals surface area contributed by atoms with Crippen LogP contribution in [0.5, 0.6) is 11.8 Å². The molecular formula is C22H22FN3O3. The molecule has 150 valence electrons. The second kappa shape index (κ2) is 7.13. The van der Waals surface area contributed by atoms with E-state index in [1.807, 2.05) is 6.07 Å². The third-order valence-corrected chi connectivity index (χ3v) is 5.96. The predicted molar refractivity (Wildman–Crippen MR) is 103 cm³/mol. The maximum Gasteiger partial charge on any atom is 0.252 e. The lowest BCUT2D eigenvalue weighted by Gasteiger charge is -2.41. The number of hydrogen-bond donors (Lipinski definition) is 1. The Kier molecular flexibility index (Phi) is 4.45. The van der Waals surface area contributed by atoms with Gasteiger partial charge in [-0.1, -0.05) is 19.3 Å². The van der Waals surface area contributed by atoms with Crippen LogP contribution in [0.15, 0.2) is 47.2 Å². The van der Waals surface area contributed by atoms with Crippen LogP contribution in [0, 0.1) is 5.92 Å². The summed E-state index contributed by atoms with van der Waals surface area (Å²) in [6.07, 6.45) is 8.45. The molecule has 0 radical (unpaired) electrons. The molecule has 2 fully saturated rings. The molecular weight excluding hydrogens is 373 g/mol. The second-order valence-corrected chi connectivity index (χ2v) is 8.08. The van der Waals surface area contributed by atoms with Crippen molar-refractivity contribution in [1.82, 2.24) is 15.1 Å². The number of hydrogen-bond acceptors (Lipinski definition) is 6. The first kappa shape index (κ1) is 18.1. The molecule has 7 heteroatoms. The summed E-state index contributed by atoms with van der Waals surface area (Å²) < 4.78 is 26.1. The number of nitrogens with zero attached hydrogens (tertiary/aromatic N) is 3. The molecule has 3 heterocycles. The number of alkyl halides is 1. The van der Waals surface area contributed by atoms with Crippen LogP contribution in [0.3, 0.4) is 0 Å². The van der Waals surface area contributed by atoms with E-state index in [2.05, 4.69) is 15.1 Å². The van der Waals surface area contributed by atoms with Crippen LogP contribution in [-0.4, -0.2) is 26.3 Å². The summed E-state index contributed by atoms with van der Waals surface area (Å²) in [5.74, 6) is 1.38. The number of rotatable bonds is 6. The SMILES string of the molecule is Oc1cc(-c2ccc(O[C@H]3C[C@](F)(c4ccnc(CC5CCC5)c4)C3)nc2)on1. The van der Waals surface area contributed by atoms with Crippen molar-refractivity contribution in [3.63, 3.8) is 0 Å². The van der Waals surface area contributed by atoms with Gasteiger partial charge >= 0.3 is 0 Å². The molecule has 1 N–H and O–H groups in total. The number of pyridine rings is 2. The van der Waals surface area contributed by atoms with E-state index in [1.54, 1.807) is 30.6 Å². The van der Waals surface area contributed by atoms with Crippen molar-refractivity contribution in [3.8, 4) is 23.1 Å². The normalized spacial score (nSPS) is 24.0. The molecule has 0 amide bonds. The molecule has 2 aliphatic carbocycles. The van der Waals surface area contributed by atoms with Gasteiger partial charge in [0.2, 0.25) is 5.88 Å². The second-order valence-electron chi connectivity index (χ2n) is 8.08. The summed E-state index contributed by atoms with van der Waals surface area (Å²) in [5.41, 5.74) is 1.01. The summed E-state index contributed by atoms with van der Waals surface area (Å²) in [7, 11) is 0. The van der Waals surface area contributed by atoms with Gasteiger partial charge in [-0.2, -0.15) is 0 Å². The molecule has 0 bridgehead atoms. The quantitative estimate of drug-likeness (QED) is 0.658. The molecule has 0 saturated heterocycles. The highest BCUT2D eigenvalue weighted by molar-refractivity contribution is 5.57. The van der Waals surface area contributed by atoms with Gasteiger partial charge in [0.05, 0.1) is 0 Å². The Morgan fingerprint density at radius 1 is 1.17 bits per heavy atom. The van der Waals surface area contributed by atoms with E-state index in [-0.39, 0.29) is 12.0 Å². The van der Waals surface area contributed by atoms with E-state index >= 15 is 4.39 Å². The summed E-state index contributed by atoms with van der Waals surface area (Å²) >= 11 is 0. The first-order valence-electron chi connectivity index (χ1n) is 10.0. The Morgan fingerprint density at radius 3 is 2.69 bits per heavy atom. The van der Waals surface area contributed by atoms with Crippen molar-refractivity contribution in [3.05, 3.63) is 54.0 Å². The maximum absolute atomic E-state index is 15.3. The average Bonchev–Trinajstić information content (AvgIpc) is 3.10. The molecule has 2 aliphatic rings. The van der Waals surface area contributed by atoms with Gasteiger partial charge in [0.15, 0.2) is 5.76 Å². The van der Waals surface area contributed by atoms with Crippen LogP contribution >= 0.6 is 0 Å². The smallest absolute Gasteiger partial charge is 0.252 e. The number of halogens is 1. The molecule has 0 spiro atoms. The van der Waals surface area contributed by atoms with E-state index < -0.39 is 5.67 Å². The lowest BCUT2D eigenvalue weighted by atomic mass is 9.74. The minimum absolute atomic E-state index is 0.180. The van der Waals surface area contributed by atoms with Crippen LogP contribution in [-0.2, 0) is 12.1 Å². The van der Waals surface area contributed by atoms with Gasteiger partial charge in [0, 0.05) is 48.6 Å². The highest BCUT2D eigenvalue weighted by atomic mass is 19.1. The van der Waals surface area contributed by atoms with Crippen molar-refractivity contribution < 1.29 is 18.8 Å². The molecule has 3 aromatic rings. The monoisotopic (exact) mass is 395 g/mol. The summed E-state index contributed by atoms with van der Waals surface area (Å²) in [6, 6.07) is 8.58. The maximum atomic E-state index is 15.3. The standard InChI is InChI=1S/C22H22FN3O3/c23-22(16-6-7-24-17(9-16)8-14-2-1-3-14)11-18(12-22)28-21-5-4-15(13-25-21)19-10-20(27)26-29-19/h4-7,9-10,13-14,18H,1-3,8,11-12H2,(H,26,27)/t18-,22+. The fraction of sp³-hybridized carbons (Fsp3) is 0.409. The highest BCUT2D eigenvalue weighted by Crippen LogP contribution is 2.47. The third kappa shape index (κ3) is 3.69. The van der Waals surface area contributed by atoms with E-state index in [0.29, 0.717) is 41.5 Å². The molecule has 6 nitrogen and oxygen atoms in total. The van der Waals surface area contributed by atoms with Crippen molar-refractivity contribution >= 4 is 0 Å². The Balaban J connectivity index is 1.19. The van der Waals surface area contributed by atoms with Crippen LogP contribution in [0.1, 0.15) is 43.4 Å². The molecule has 5 rings (SSSR count). The summed E-state index contributed by atoms with van der Waals surface area (Å²) in [5, 5.41) is 12.7. The minimum Gasteiger partial charge on any atom is -0.491 e. The Morgan fingerprint density at radius 2 is 2.03 bits per heavy atom. The molecule has 0 aliphatic heterocycles. The van der Waals surface area contributed by atoms with Gasteiger partial charge in [-0.3, -0.25) is 4.98 Å². The molecule has 29 heavy (non-hydrogen) atoms. The minimum atomic E-state index is -1.36. The molecule has 3 aromatic heterocycles. The Labute approximate surface area is 167 Å². The fourth-order valence-corrected chi connectivity index (χ4v) is 4.01. The van der Waals surface area contributed by atoms with E-state index in [1.165, 1.54) is 25.3 Å². The molecule has 0 unspecified atom stereocenters. The largest absolute Gasteiger partial charge is 0.491 e. The van der Waals surface area contributed by atoms with Crippen molar-refractivity contribution in [2.45, 2.75) is 50.3 Å². The van der Waals surface area contributed by atoms with Gasteiger partial charge in [0.1, 0.15) is 11.8 Å². The summed E-state index contributed by atoms with van der Waals surface area (Å²) in [4.78, 5) is 8.66. The Bertz CT molecular complexity index is 995. The van der Waals surface area contributed by atoms with Gasteiger partial charge in [-0.25, -0.2) is 9.37 Å². The van der Waals surface area contributed by atoms with Gasteiger partial charge in [0.25, 0.3) is 5.88 Å². The van der Waals surface area contributed by atoms with E-state index in [0.717, 1.165) is 12.1 Å². The zero-order valence-corrected chi connectivity index (χ0v) is 15.9. The molecule has 0 atom stereocenters. The molecule has 2 saturated carbocycles. The first-order valence-corrected chi connectivity index (χ1v) is 10.0. The lowest BCUT2D eigenvalue weighted by Crippen LogP contribution is -2.44. The number of aromatic nitrogens is 3. The average molecular weight is 395 g/mol. The topological polar surface area (TPSA) is 81.3 Å². The van der Waals surface area contributed by atoms with Crippen LogP contribution in [0.2, 0.25) is 0 Å². The van der Waals surface area contributed by atoms with Gasteiger partial charge in [-0.05, 0) is 41.3 Å². The summed E-state index contributed by atoms with van der Waals surface area (Å²) in [6.45, 7) is 0. The van der Waals surface area contributed by atoms with Crippen molar-refractivity contribution in [1.29, 1.82) is 0 Å². The zero-order valence-electron chi connectivity index (χ0n) is 15.9. The van der Waals surface area contributed by atoms with Gasteiger partial charge < -0.3 is 14.4 Å².